The van der Waals surface area contributed by atoms with Gasteiger partial charge < -0.3 is 5.32 Å². The van der Waals surface area contributed by atoms with E-state index in [0.717, 1.165) is 12.0 Å². The number of hydrogen-bond acceptors (Lipinski definition) is 1. The molecule has 0 aromatic heterocycles. The molecule has 1 amide bonds. The standard InChI is InChI=1S/C20H22FNO/c1-4-13-10-11-15(21)12-16(13)22-19(23)18-17(20(18,2)3)14-8-6-5-7-9-14/h5-12,17-18H,4H2,1-3H3,(H,22,23). The minimum Gasteiger partial charge on any atom is -0.325 e. The number of amides is 1. The molecule has 0 heterocycles. The Bertz CT molecular complexity index is 724. The number of nitrogens with one attached hydrogen (secondary N) is 1. The predicted octanol–water partition coefficient (Wildman–Crippen LogP) is 4.77. The second kappa shape index (κ2) is 5.80. The van der Waals surface area contributed by atoms with Gasteiger partial charge in [-0.2, -0.15) is 0 Å². The Hall–Kier alpha value is -2.16. The molecule has 2 aromatic carbocycles. The summed E-state index contributed by atoms with van der Waals surface area (Å²) in [6, 6.07) is 14.7. The van der Waals surface area contributed by atoms with Crippen molar-refractivity contribution in [1.29, 1.82) is 0 Å². The van der Waals surface area contributed by atoms with Crippen LogP contribution in [-0.4, -0.2) is 5.91 Å². The van der Waals surface area contributed by atoms with Crippen LogP contribution in [0, 0.1) is 17.2 Å². The minimum atomic E-state index is -0.327. The highest BCUT2D eigenvalue weighted by Crippen LogP contribution is 2.64. The monoisotopic (exact) mass is 311 g/mol. The molecule has 1 N–H and O–H groups in total. The second-order valence-electron chi connectivity index (χ2n) is 6.83. The zero-order valence-electron chi connectivity index (χ0n) is 13.8. The van der Waals surface area contributed by atoms with E-state index < -0.39 is 0 Å². The van der Waals surface area contributed by atoms with Gasteiger partial charge in [0, 0.05) is 11.6 Å². The molecule has 0 spiro atoms. The highest BCUT2D eigenvalue weighted by molar-refractivity contribution is 5.97. The zero-order valence-corrected chi connectivity index (χ0v) is 13.8. The summed E-state index contributed by atoms with van der Waals surface area (Å²) >= 11 is 0. The number of halogens is 1. The molecule has 1 aliphatic rings. The van der Waals surface area contributed by atoms with Gasteiger partial charge in [0.2, 0.25) is 5.91 Å². The van der Waals surface area contributed by atoms with Gasteiger partial charge in [-0.1, -0.05) is 57.2 Å². The molecule has 2 atom stereocenters. The molecule has 1 saturated carbocycles. The van der Waals surface area contributed by atoms with Gasteiger partial charge in [0.1, 0.15) is 5.82 Å². The van der Waals surface area contributed by atoms with Crippen molar-refractivity contribution in [3.05, 3.63) is 65.5 Å². The molecule has 3 rings (SSSR count). The normalized spacial score (nSPS) is 21.7. The lowest BCUT2D eigenvalue weighted by molar-refractivity contribution is -0.118. The smallest absolute Gasteiger partial charge is 0.228 e. The largest absolute Gasteiger partial charge is 0.325 e. The highest BCUT2D eigenvalue weighted by atomic mass is 19.1. The molecular formula is C20H22FNO. The first-order chi connectivity index (χ1) is 10.9. The van der Waals surface area contributed by atoms with Crippen molar-refractivity contribution in [2.45, 2.75) is 33.1 Å². The molecule has 23 heavy (non-hydrogen) atoms. The van der Waals surface area contributed by atoms with Crippen molar-refractivity contribution in [1.82, 2.24) is 0 Å². The van der Waals surface area contributed by atoms with E-state index in [1.54, 1.807) is 6.07 Å². The van der Waals surface area contributed by atoms with E-state index in [1.165, 1.54) is 17.7 Å². The van der Waals surface area contributed by atoms with Crippen LogP contribution in [0.1, 0.15) is 37.8 Å². The van der Waals surface area contributed by atoms with E-state index in [2.05, 4.69) is 31.3 Å². The number of carbonyl (C=O) groups is 1. The lowest BCUT2D eigenvalue weighted by Gasteiger charge is -2.10. The zero-order chi connectivity index (χ0) is 16.6. The van der Waals surface area contributed by atoms with Crippen LogP contribution < -0.4 is 5.32 Å². The van der Waals surface area contributed by atoms with Crippen molar-refractivity contribution >= 4 is 11.6 Å². The van der Waals surface area contributed by atoms with Crippen LogP contribution in [0.25, 0.3) is 0 Å². The van der Waals surface area contributed by atoms with Crippen LogP contribution in [0.4, 0.5) is 10.1 Å². The molecule has 3 heteroatoms. The Morgan fingerprint density at radius 2 is 1.87 bits per heavy atom. The van der Waals surface area contributed by atoms with E-state index in [9.17, 15) is 9.18 Å². The third kappa shape index (κ3) is 2.88. The molecule has 2 nitrogen and oxygen atoms in total. The Morgan fingerprint density at radius 1 is 1.17 bits per heavy atom. The first-order valence-electron chi connectivity index (χ1n) is 8.09. The molecule has 1 aliphatic carbocycles. The lowest BCUT2D eigenvalue weighted by atomic mass is 10.0. The maximum absolute atomic E-state index is 13.5. The van der Waals surface area contributed by atoms with E-state index >= 15 is 0 Å². The molecule has 2 aromatic rings. The van der Waals surface area contributed by atoms with Crippen molar-refractivity contribution in [3.8, 4) is 0 Å². The summed E-state index contributed by atoms with van der Waals surface area (Å²) in [7, 11) is 0. The second-order valence-corrected chi connectivity index (χ2v) is 6.83. The summed E-state index contributed by atoms with van der Waals surface area (Å²) in [5.74, 6) is -0.225. The molecule has 120 valence electrons. The average Bonchev–Trinajstić information content (AvgIpc) is 3.11. The number of benzene rings is 2. The highest BCUT2D eigenvalue weighted by Gasteiger charge is 2.62. The lowest BCUT2D eigenvalue weighted by Crippen LogP contribution is -2.18. The molecule has 2 unspecified atom stereocenters. The topological polar surface area (TPSA) is 29.1 Å². The van der Waals surface area contributed by atoms with Gasteiger partial charge in [0.15, 0.2) is 0 Å². The fourth-order valence-electron chi connectivity index (χ4n) is 3.59. The predicted molar refractivity (Wildman–Crippen MR) is 90.9 cm³/mol. The molecule has 0 saturated heterocycles. The maximum Gasteiger partial charge on any atom is 0.228 e. The molecule has 1 fully saturated rings. The quantitative estimate of drug-likeness (QED) is 0.866. The van der Waals surface area contributed by atoms with Crippen LogP contribution in [0.2, 0.25) is 0 Å². The summed E-state index contributed by atoms with van der Waals surface area (Å²) in [5.41, 5.74) is 2.65. The Kier molecular flexibility index (Phi) is 3.97. The number of aryl methyl sites for hydroxylation is 1. The van der Waals surface area contributed by atoms with Gasteiger partial charge in [0.05, 0.1) is 5.92 Å². The van der Waals surface area contributed by atoms with Crippen LogP contribution in [0.15, 0.2) is 48.5 Å². The van der Waals surface area contributed by atoms with Crippen LogP contribution in [-0.2, 0) is 11.2 Å². The van der Waals surface area contributed by atoms with Gasteiger partial charge in [0.25, 0.3) is 0 Å². The van der Waals surface area contributed by atoms with Gasteiger partial charge in [-0.25, -0.2) is 4.39 Å². The Morgan fingerprint density at radius 3 is 2.52 bits per heavy atom. The van der Waals surface area contributed by atoms with E-state index in [0.29, 0.717) is 5.69 Å². The minimum absolute atomic E-state index is 0.0239. The maximum atomic E-state index is 13.5. The third-order valence-electron chi connectivity index (χ3n) is 4.98. The fourth-order valence-corrected chi connectivity index (χ4v) is 3.59. The van der Waals surface area contributed by atoms with Crippen LogP contribution >= 0.6 is 0 Å². The van der Waals surface area contributed by atoms with Crippen molar-refractivity contribution < 1.29 is 9.18 Å². The van der Waals surface area contributed by atoms with E-state index in [-0.39, 0.29) is 29.0 Å². The number of anilines is 1. The summed E-state index contributed by atoms with van der Waals surface area (Å²) < 4.78 is 13.5. The SMILES string of the molecule is CCc1ccc(F)cc1NC(=O)C1C(c2ccccc2)C1(C)C. The Labute approximate surface area is 136 Å². The summed E-state index contributed by atoms with van der Waals surface area (Å²) in [5, 5.41) is 2.94. The van der Waals surface area contributed by atoms with Gasteiger partial charge in [-0.3, -0.25) is 4.79 Å². The molecule has 0 bridgehead atoms. The van der Waals surface area contributed by atoms with Crippen LogP contribution in [0.3, 0.4) is 0 Å². The summed E-state index contributed by atoms with van der Waals surface area (Å²) in [6.45, 7) is 6.22. The summed E-state index contributed by atoms with van der Waals surface area (Å²) in [6.07, 6.45) is 0.756. The van der Waals surface area contributed by atoms with Crippen molar-refractivity contribution in [2.24, 2.45) is 11.3 Å². The van der Waals surface area contributed by atoms with E-state index in [1.807, 2.05) is 25.1 Å². The first kappa shape index (κ1) is 15.7. The van der Waals surface area contributed by atoms with Crippen LogP contribution in [0.5, 0.6) is 0 Å². The number of carbonyl (C=O) groups excluding carboxylic acids is 1. The molecule has 0 aliphatic heterocycles. The Balaban J connectivity index is 1.81. The number of rotatable bonds is 4. The summed E-state index contributed by atoms with van der Waals surface area (Å²) in [4.78, 5) is 12.7. The molecule has 0 radical (unpaired) electrons. The average molecular weight is 311 g/mol. The van der Waals surface area contributed by atoms with Crippen molar-refractivity contribution in [2.75, 3.05) is 5.32 Å². The van der Waals surface area contributed by atoms with Gasteiger partial charge in [-0.15, -0.1) is 0 Å². The van der Waals surface area contributed by atoms with Crippen molar-refractivity contribution in [3.63, 3.8) is 0 Å². The van der Waals surface area contributed by atoms with Gasteiger partial charge >= 0.3 is 0 Å². The fraction of sp³-hybridized carbons (Fsp3) is 0.350. The third-order valence-corrected chi connectivity index (χ3v) is 4.98. The molecular weight excluding hydrogens is 289 g/mol. The number of hydrogen-bond donors (Lipinski definition) is 1. The van der Waals surface area contributed by atoms with Gasteiger partial charge in [-0.05, 0) is 35.1 Å². The first-order valence-corrected chi connectivity index (χ1v) is 8.09. The van der Waals surface area contributed by atoms with E-state index in [4.69, 9.17) is 0 Å².